The molecule has 1 aliphatic heterocycles. The molecule has 2 N–H and O–H groups in total. The predicted molar refractivity (Wildman–Crippen MR) is 86.3 cm³/mol. The van der Waals surface area contributed by atoms with Gasteiger partial charge in [0.15, 0.2) is 0 Å². The van der Waals surface area contributed by atoms with E-state index in [9.17, 15) is 13.2 Å². The molecular weight excluding hydrogens is 317 g/mol. The Hall–Kier alpha value is -2.41. The highest BCUT2D eigenvalue weighted by Gasteiger charge is 2.30. The van der Waals surface area contributed by atoms with Gasteiger partial charge in [0.05, 0.1) is 5.56 Å². The number of rotatable bonds is 4. The molecule has 2 unspecified atom stereocenters. The van der Waals surface area contributed by atoms with Gasteiger partial charge in [-0.2, -0.15) is 13.2 Å². The molecule has 4 nitrogen and oxygen atoms in total. The molecule has 0 amide bonds. The van der Waals surface area contributed by atoms with Crippen molar-refractivity contribution < 1.29 is 13.2 Å². The summed E-state index contributed by atoms with van der Waals surface area (Å²) in [6.07, 6.45) is 2.89. The van der Waals surface area contributed by atoms with E-state index in [2.05, 4.69) is 20.6 Å². The smallest absolute Gasteiger partial charge is 0.350 e. The fourth-order valence-electron chi connectivity index (χ4n) is 2.62. The zero-order valence-electron chi connectivity index (χ0n) is 12.8. The van der Waals surface area contributed by atoms with E-state index in [-0.39, 0.29) is 12.0 Å². The van der Waals surface area contributed by atoms with Crippen molar-refractivity contribution in [1.82, 2.24) is 15.3 Å². The standard InChI is InChI=1S/C17H17F3N4/c18-17(19,20)14-6-3-12(4-7-14)2-5-13-10-21-11-15(13)24-16-22-8-1-9-23-16/h1-9,13,15,21H,10-11H2,(H,22,23,24). The van der Waals surface area contributed by atoms with Crippen molar-refractivity contribution in [3.8, 4) is 0 Å². The van der Waals surface area contributed by atoms with Gasteiger partial charge in [0.1, 0.15) is 0 Å². The predicted octanol–water partition coefficient (Wildman–Crippen LogP) is 3.21. The third-order valence-electron chi connectivity index (χ3n) is 3.92. The third kappa shape index (κ3) is 4.11. The quantitative estimate of drug-likeness (QED) is 0.901. The van der Waals surface area contributed by atoms with Crippen molar-refractivity contribution in [3.05, 3.63) is 59.9 Å². The zero-order valence-corrected chi connectivity index (χ0v) is 12.8. The second kappa shape index (κ2) is 7.00. The number of hydrogen-bond acceptors (Lipinski definition) is 4. The summed E-state index contributed by atoms with van der Waals surface area (Å²) in [7, 11) is 0. The number of nitrogens with one attached hydrogen (secondary N) is 2. The van der Waals surface area contributed by atoms with Crippen LogP contribution in [0.15, 0.2) is 48.8 Å². The van der Waals surface area contributed by atoms with Crippen molar-refractivity contribution in [3.63, 3.8) is 0 Å². The number of alkyl halides is 3. The topological polar surface area (TPSA) is 49.8 Å². The second-order valence-electron chi connectivity index (χ2n) is 5.62. The monoisotopic (exact) mass is 334 g/mol. The van der Waals surface area contributed by atoms with E-state index in [0.29, 0.717) is 5.95 Å². The minimum atomic E-state index is -4.30. The van der Waals surface area contributed by atoms with Gasteiger partial charge in [-0.1, -0.05) is 24.3 Å². The van der Waals surface area contributed by atoms with Gasteiger partial charge in [-0.05, 0) is 23.8 Å². The van der Waals surface area contributed by atoms with E-state index < -0.39 is 11.7 Å². The maximum Gasteiger partial charge on any atom is 0.416 e. The summed E-state index contributed by atoms with van der Waals surface area (Å²) in [6, 6.07) is 7.04. The number of benzene rings is 1. The first-order valence-corrected chi connectivity index (χ1v) is 7.62. The number of hydrogen-bond donors (Lipinski definition) is 2. The van der Waals surface area contributed by atoms with Crippen LogP contribution in [0.3, 0.4) is 0 Å². The van der Waals surface area contributed by atoms with Gasteiger partial charge < -0.3 is 10.6 Å². The van der Waals surface area contributed by atoms with E-state index in [1.54, 1.807) is 18.5 Å². The Balaban J connectivity index is 1.64. The molecule has 0 radical (unpaired) electrons. The van der Waals surface area contributed by atoms with Gasteiger partial charge in [0, 0.05) is 37.4 Å². The molecule has 126 valence electrons. The van der Waals surface area contributed by atoms with Crippen molar-refractivity contribution in [2.45, 2.75) is 12.2 Å². The minimum Gasteiger partial charge on any atom is -0.350 e. The summed E-state index contributed by atoms with van der Waals surface area (Å²) in [5, 5.41) is 6.56. The van der Waals surface area contributed by atoms with Crippen molar-refractivity contribution in [2.24, 2.45) is 5.92 Å². The molecule has 0 bridgehead atoms. The van der Waals surface area contributed by atoms with Crippen LogP contribution in [0.2, 0.25) is 0 Å². The average Bonchev–Trinajstić information content (AvgIpc) is 3.00. The Morgan fingerprint density at radius 2 is 1.79 bits per heavy atom. The molecule has 24 heavy (non-hydrogen) atoms. The normalized spacial score (nSPS) is 21.3. The van der Waals surface area contributed by atoms with Gasteiger partial charge in [-0.25, -0.2) is 9.97 Å². The third-order valence-corrected chi connectivity index (χ3v) is 3.92. The molecule has 3 rings (SSSR count). The van der Waals surface area contributed by atoms with Crippen molar-refractivity contribution in [2.75, 3.05) is 18.4 Å². The molecule has 1 aromatic heterocycles. The van der Waals surface area contributed by atoms with Crippen LogP contribution in [-0.2, 0) is 6.18 Å². The van der Waals surface area contributed by atoms with Crippen LogP contribution in [0.4, 0.5) is 19.1 Å². The Bertz CT molecular complexity index is 683. The van der Waals surface area contributed by atoms with Crippen LogP contribution in [0.1, 0.15) is 11.1 Å². The molecule has 2 heterocycles. The van der Waals surface area contributed by atoms with Crippen LogP contribution in [0, 0.1) is 5.92 Å². The lowest BCUT2D eigenvalue weighted by Crippen LogP contribution is -2.28. The maximum absolute atomic E-state index is 12.6. The second-order valence-corrected chi connectivity index (χ2v) is 5.62. The first-order chi connectivity index (χ1) is 11.5. The lowest BCUT2D eigenvalue weighted by Gasteiger charge is -2.16. The molecule has 0 aliphatic carbocycles. The SMILES string of the molecule is FC(F)(F)c1ccc(C=CC2CNCC2Nc2ncccn2)cc1. The van der Waals surface area contributed by atoms with E-state index in [1.165, 1.54) is 12.1 Å². The summed E-state index contributed by atoms with van der Waals surface area (Å²) in [5.74, 6) is 0.773. The molecule has 0 spiro atoms. The number of anilines is 1. The highest BCUT2D eigenvalue weighted by Crippen LogP contribution is 2.29. The van der Waals surface area contributed by atoms with Gasteiger partial charge in [-0.15, -0.1) is 0 Å². The number of nitrogens with zero attached hydrogens (tertiary/aromatic N) is 2. The minimum absolute atomic E-state index is 0.137. The molecule has 7 heteroatoms. The fourth-order valence-corrected chi connectivity index (χ4v) is 2.62. The highest BCUT2D eigenvalue weighted by molar-refractivity contribution is 5.50. The molecular formula is C17H17F3N4. The molecule has 1 aromatic carbocycles. The van der Waals surface area contributed by atoms with E-state index in [4.69, 9.17) is 0 Å². The molecule has 0 saturated carbocycles. The van der Waals surface area contributed by atoms with Crippen LogP contribution < -0.4 is 10.6 Å². The first kappa shape index (κ1) is 16.4. The molecule has 1 aliphatic rings. The Labute approximate surface area is 137 Å². The van der Waals surface area contributed by atoms with Crippen LogP contribution >= 0.6 is 0 Å². The summed E-state index contributed by atoms with van der Waals surface area (Å²) >= 11 is 0. The largest absolute Gasteiger partial charge is 0.416 e. The zero-order chi connectivity index (χ0) is 17.0. The summed E-state index contributed by atoms with van der Waals surface area (Å²) in [4.78, 5) is 8.29. The Morgan fingerprint density at radius 3 is 2.46 bits per heavy atom. The molecule has 1 fully saturated rings. The van der Waals surface area contributed by atoms with Crippen molar-refractivity contribution >= 4 is 12.0 Å². The average molecular weight is 334 g/mol. The fraction of sp³-hybridized carbons (Fsp3) is 0.294. The van der Waals surface area contributed by atoms with Crippen LogP contribution in [0.25, 0.3) is 6.08 Å². The molecule has 2 atom stereocenters. The first-order valence-electron chi connectivity index (χ1n) is 7.62. The molecule has 2 aromatic rings. The number of halogens is 3. The highest BCUT2D eigenvalue weighted by atomic mass is 19.4. The molecule has 1 saturated heterocycles. The number of aromatic nitrogens is 2. The maximum atomic E-state index is 12.6. The summed E-state index contributed by atoms with van der Waals surface area (Å²) in [6.45, 7) is 1.57. The van der Waals surface area contributed by atoms with E-state index in [1.807, 2.05) is 12.2 Å². The van der Waals surface area contributed by atoms with Gasteiger partial charge in [-0.3, -0.25) is 0 Å². The van der Waals surface area contributed by atoms with Crippen molar-refractivity contribution in [1.29, 1.82) is 0 Å². The van der Waals surface area contributed by atoms with Gasteiger partial charge >= 0.3 is 6.18 Å². The summed E-state index contributed by atoms with van der Waals surface area (Å²) < 4.78 is 37.7. The van der Waals surface area contributed by atoms with Gasteiger partial charge in [0.2, 0.25) is 5.95 Å². The Kier molecular flexibility index (Phi) is 4.80. The van der Waals surface area contributed by atoms with Crippen LogP contribution in [0.5, 0.6) is 0 Å². The van der Waals surface area contributed by atoms with E-state index >= 15 is 0 Å². The van der Waals surface area contributed by atoms with E-state index in [0.717, 1.165) is 30.8 Å². The van der Waals surface area contributed by atoms with Crippen LogP contribution in [-0.4, -0.2) is 29.1 Å². The lowest BCUT2D eigenvalue weighted by atomic mass is 10.0. The Morgan fingerprint density at radius 1 is 1.08 bits per heavy atom. The lowest BCUT2D eigenvalue weighted by molar-refractivity contribution is -0.137. The summed E-state index contributed by atoms with van der Waals surface area (Å²) in [5.41, 5.74) is 0.104. The van der Waals surface area contributed by atoms with Gasteiger partial charge in [0.25, 0.3) is 0 Å².